The first-order valence-electron chi connectivity index (χ1n) is 7.25. The molecule has 0 aliphatic rings. The van der Waals surface area contributed by atoms with Crippen LogP contribution in [0, 0.1) is 0 Å². The van der Waals surface area contributed by atoms with E-state index in [9.17, 15) is 0 Å². The van der Waals surface area contributed by atoms with Crippen LogP contribution in [0.1, 0.15) is 0 Å². The van der Waals surface area contributed by atoms with E-state index < -0.39 is 0 Å². The molecule has 0 atom stereocenters. The Kier molecular flexibility index (Phi) is 4.42. The van der Waals surface area contributed by atoms with E-state index in [0.29, 0.717) is 28.7 Å². The number of aromatic amines is 1. The largest absolute Gasteiger partial charge is 0.495 e. The van der Waals surface area contributed by atoms with Crippen LogP contribution in [0.4, 0.5) is 17.2 Å². The molecule has 1 heterocycles. The van der Waals surface area contributed by atoms with Gasteiger partial charge in [0, 0.05) is 17.7 Å². The molecule has 2 aromatic carbocycles. The topological polar surface area (TPSA) is 97.9 Å². The summed E-state index contributed by atoms with van der Waals surface area (Å²) in [5, 5.41) is 15.4. The zero-order chi connectivity index (χ0) is 16.9. The van der Waals surface area contributed by atoms with Crippen LogP contribution in [0.15, 0.2) is 58.9 Å². The van der Waals surface area contributed by atoms with Gasteiger partial charge in [0.15, 0.2) is 5.82 Å². The molecule has 122 valence electrons. The van der Waals surface area contributed by atoms with Crippen LogP contribution >= 0.6 is 0 Å². The second-order valence-electron chi connectivity index (χ2n) is 4.96. The van der Waals surface area contributed by atoms with Crippen LogP contribution < -0.4 is 15.2 Å². The lowest BCUT2D eigenvalue weighted by Gasteiger charge is -2.09. The fourth-order valence-corrected chi connectivity index (χ4v) is 2.27. The van der Waals surface area contributed by atoms with E-state index in [1.807, 2.05) is 30.3 Å². The van der Waals surface area contributed by atoms with Gasteiger partial charge in [0.1, 0.15) is 17.2 Å². The summed E-state index contributed by atoms with van der Waals surface area (Å²) in [6.07, 6.45) is 1.71. The summed E-state index contributed by atoms with van der Waals surface area (Å²) in [5.41, 5.74) is 8.72. The SMILES string of the molecule is COc1cc(N=Nc2[nH]ncc2-c2ccccc2)c(OC)cc1N. The second-order valence-corrected chi connectivity index (χ2v) is 4.96. The van der Waals surface area contributed by atoms with Crippen molar-refractivity contribution in [2.75, 3.05) is 20.0 Å². The Morgan fingerprint density at radius 2 is 1.75 bits per heavy atom. The first kappa shape index (κ1) is 15.5. The first-order chi connectivity index (χ1) is 11.7. The van der Waals surface area contributed by atoms with Crippen molar-refractivity contribution >= 4 is 17.2 Å². The quantitative estimate of drug-likeness (QED) is 0.545. The molecule has 0 saturated heterocycles. The predicted molar refractivity (Wildman–Crippen MR) is 92.2 cm³/mol. The van der Waals surface area contributed by atoms with Gasteiger partial charge in [-0.3, -0.25) is 5.10 Å². The number of hydrogen-bond donors (Lipinski definition) is 2. The molecule has 0 spiro atoms. The number of aromatic nitrogens is 2. The maximum absolute atomic E-state index is 5.87. The van der Waals surface area contributed by atoms with E-state index in [1.165, 1.54) is 0 Å². The fourth-order valence-electron chi connectivity index (χ4n) is 2.27. The van der Waals surface area contributed by atoms with Crippen molar-refractivity contribution in [2.24, 2.45) is 10.2 Å². The molecule has 0 saturated carbocycles. The Morgan fingerprint density at radius 1 is 1.00 bits per heavy atom. The summed E-state index contributed by atoms with van der Waals surface area (Å²) in [4.78, 5) is 0. The van der Waals surface area contributed by atoms with Crippen LogP contribution in [-0.4, -0.2) is 24.4 Å². The average Bonchev–Trinajstić information content (AvgIpc) is 3.09. The highest BCUT2D eigenvalue weighted by Crippen LogP contribution is 2.38. The molecule has 0 unspecified atom stereocenters. The molecule has 24 heavy (non-hydrogen) atoms. The number of anilines is 1. The van der Waals surface area contributed by atoms with E-state index in [2.05, 4.69) is 20.4 Å². The van der Waals surface area contributed by atoms with Crippen LogP contribution in [-0.2, 0) is 0 Å². The number of H-pyrrole nitrogens is 1. The zero-order valence-corrected chi connectivity index (χ0v) is 13.4. The number of hydrogen-bond acceptors (Lipinski definition) is 6. The molecule has 7 nitrogen and oxygen atoms in total. The minimum Gasteiger partial charge on any atom is -0.495 e. The van der Waals surface area contributed by atoms with Gasteiger partial charge in [0.05, 0.1) is 26.1 Å². The summed E-state index contributed by atoms with van der Waals surface area (Å²) in [6.45, 7) is 0. The maximum Gasteiger partial charge on any atom is 0.178 e. The third kappa shape index (κ3) is 3.05. The summed E-state index contributed by atoms with van der Waals surface area (Å²) < 4.78 is 10.5. The van der Waals surface area contributed by atoms with Gasteiger partial charge >= 0.3 is 0 Å². The second kappa shape index (κ2) is 6.82. The number of nitrogens with zero attached hydrogens (tertiary/aromatic N) is 3. The Labute approximate surface area is 139 Å². The number of benzene rings is 2. The molecular formula is C17H17N5O2. The molecule has 0 aliphatic carbocycles. The Hall–Kier alpha value is -3.35. The third-order valence-corrected chi connectivity index (χ3v) is 3.49. The third-order valence-electron chi connectivity index (χ3n) is 3.49. The van der Waals surface area contributed by atoms with Crippen molar-refractivity contribution in [1.29, 1.82) is 0 Å². The normalized spacial score (nSPS) is 10.9. The van der Waals surface area contributed by atoms with Crippen LogP contribution in [0.3, 0.4) is 0 Å². The molecule has 3 aromatic rings. The highest BCUT2D eigenvalue weighted by Gasteiger charge is 2.10. The standard InChI is InChI=1S/C17H17N5O2/c1-23-15-9-14(16(24-2)8-13(15)18)20-22-17-12(10-19-21-17)11-6-4-3-5-7-11/h3-10H,18H2,1-2H3,(H,19,21). The molecule has 0 bridgehead atoms. The number of ether oxygens (including phenoxy) is 2. The Morgan fingerprint density at radius 3 is 2.46 bits per heavy atom. The van der Waals surface area contributed by atoms with Crippen LogP contribution in [0.25, 0.3) is 11.1 Å². The van der Waals surface area contributed by atoms with E-state index in [4.69, 9.17) is 15.2 Å². The predicted octanol–water partition coefficient (Wildman–Crippen LogP) is 4.09. The first-order valence-corrected chi connectivity index (χ1v) is 7.25. The average molecular weight is 323 g/mol. The summed E-state index contributed by atoms with van der Waals surface area (Å²) in [6, 6.07) is 13.2. The molecule has 0 radical (unpaired) electrons. The molecule has 1 aromatic heterocycles. The van der Waals surface area contributed by atoms with Crippen molar-refractivity contribution in [1.82, 2.24) is 10.2 Å². The molecule has 3 rings (SSSR count). The Balaban J connectivity index is 1.97. The van der Waals surface area contributed by atoms with Gasteiger partial charge in [-0.1, -0.05) is 30.3 Å². The van der Waals surface area contributed by atoms with Crippen molar-refractivity contribution in [3.63, 3.8) is 0 Å². The molecule has 0 aliphatic heterocycles. The minimum atomic E-state index is 0.472. The summed E-state index contributed by atoms with van der Waals surface area (Å²) in [5.74, 6) is 1.58. The van der Waals surface area contributed by atoms with Gasteiger partial charge in [-0.25, -0.2) is 0 Å². The van der Waals surface area contributed by atoms with Crippen molar-refractivity contribution in [3.8, 4) is 22.6 Å². The molecule has 3 N–H and O–H groups in total. The Bertz CT molecular complexity index is 859. The molecule has 7 heteroatoms. The highest BCUT2D eigenvalue weighted by molar-refractivity contribution is 5.72. The lowest BCUT2D eigenvalue weighted by atomic mass is 10.1. The summed E-state index contributed by atoms with van der Waals surface area (Å²) in [7, 11) is 3.09. The zero-order valence-electron chi connectivity index (χ0n) is 13.4. The van der Waals surface area contributed by atoms with Gasteiger partial charge in [-0.15, -0.1) is 10.2 Å². The van der Waals surface area contributed by atoms with Gasteiger partial charge < -0.3 is 15.2 Å². The van der Waals surface area contributed by atoms with E-state index in [-0.39, 0.29) is 0 Å². The lowest BCUT2D eigenvalue weighted by Crippen LogP contribution is -1.93. The lowest BCUT2D eigenvalue weighted by molar-refractivity contribution is 0.406. The van der Waals surface area contributed by atoms with Gasteiger partial charge in [0.2, 0.25) is 0 Å². The number of nitrogen functional groups attached to an aromatic ring is 1. The monoisotopic (exact) mass is 323 g/mol. The van der Waals surface area contributed by atoms with Gasteiger partial charge in [0.25, 0.3) is 0 Å². The molecule has 0 amide bonds. The van der Waals surface area contributed by atoms with Gasteiger partial charge in [-0.05, 0) is 5.56 Å². The highest BCUT2D eigenvalue weighted by atomic mass is 16.5. The number of methoxy groups -OCH3 is 2. The number of nitrogens with two attached hydrogens (primary N) is 1. The van der Waals surface area contributed by atoms with Crippen LogP contribution in [0.5, 0.6) is 11.5 Å². The van der Waals surface area contributed by atoms with Gasteiger partial charge in [-0.2, -0.15) is 5.10 Å². The van der Waals surface area contributed by atoms with Crippen molar-refractivity contribution < 1.29 is 9.47 Å². The van der Waals surface area contributed by atoms with Crippen molar-refractivity contribution in [2.45, 2.75) is 0 Å². The smallest absolute Gasteiger partial charge is 0.178 e. The molecule has 0 fully saturated rings. The molecular weight excluding hydrogens is 306 g/mol. The van der Waals surface area contributed by atoms with E-state index in [0.717, 1.165) is 11.1 Å². The van der Waals surface area contributed by atoms with E-state index >= 15 is 0 Å². The van der Waals surface area contributed by atoms with E-state index in [1.54, 1.807) is 32.5 Å². The number of azo groups is 1. The summed E-state index contributed by atoms with van der Waals surface area (Å²) >= 11 is 0. The minimum absolute atomic E-state index is 0.472. The number of nitrogens with one attached hydrogen (secondary N) is 1. The van der Waals surface area contributed by atoms with Crippen molar-refractivity contribution in [3.05, 3.63) is 48.7 Å². The maximum atomic E-state index is 5.87. The fraction of sp³-hybridized carbons (Fsp3) is 0.118. The number of rotatable bonds is 5. The van der Waals surface area contributed by atoms with Crippen LogP contribution in [0.2, 0.25) is 0 Å².